The zero-order chi connectivity index (χ0) is 22.3. The first-order valence-corrected chi connectivity index (χ1v) is 10.2. The molecule has 32 heavy (non-hydrogen) atoms. The normalized spacial score (nSPS) is 11.5. The fourth-order valence-corrected chi connectivity index (χ4v) is 3.46. The highest BCUT2D eigenvalue weighted by atomic mass is 16.5. The van der Waals surface area contributed by atoms with Crippen LogP contribution < -0.4 is 4.74 Å². The van der Waals surface area contributed by atoms with Gasteiger partial charge in [0, 0.05) is 11.6 Å². The topological polar surface area (TPSA) is 90.1 Å². The molecule has 2 aromatic heterocycles. The predicted molar refractivity (Wildman–Crippen MR) is 120 cm³/mol. The van der Waals surface area contributed by atoms with Crippen molar-refractivity contribution in [2.24, 2.45) is 0 Å². The van der Waals surface area contributed by atoms with Crippen LogP contribution in [0, 0.1) is 11.8 Å². The number of nitrogens with zero attached hydrogens (tertiary/aromatic N) is 4. The van der Waals surface area contributed by atoms with Gasteiger partial charge in [-0.1, -0.05) is 30.2 Å². The lowest BCUT2D eigenvalue weighted by Gasteiger charge is -2.11. The van der Waals surface area contributed by atoms with E-state index in [1.54, 1.807) is 13.1 Å². The molecule has 0 amide bonds. The summed E-state index contributed by atoms with van der Waals surface area (Å²) in [4.78, 5) is 19.3. The molecule has 4 rings (SSSR count). The van der Waals surface area contributed by atoms with Crippen LogP contribution in [0.1, 0.15) is 36.1 Å². The summed E-state index contributed by atoms with van der Waals surface area (Å²) in [6.07, 6.45) is 5.07. The number of hydrogen-bond donors (Lipinski definition) is 1. The minimum atomic E-state index is -0.868. The first-order chi connectivity index (χ1) is 15.6. The molecule has 0 fully saturated rings. The van der Waals surface area contributed by atoms with Crippen molar-refractivity contribution in [2.75, 3.05) is 0 Å². The van der Waals surface area contributed by atoms with Crippen molar-refractivity contribution >= 4 is 16.9 Å². The Labute approximate surface area is 185 Å². The Balaban J connectivity index is 1.45. The van der Waals surface area contributed by atoms with Crippen LogP contribution >= 0.6 is 0 Å². The van der Waals surface area contributed by atoms with E-state index in [4.69, 9.17) is 9.84 Å². The molecule has 7 nitrogen and oxygen atoms in total. The fraction of sp³-hybridized carbons (Fsp3) is 0.200. The maximum absolute atomic E-state index is 11.1. The van der Waals surface area contributed by atoms with E-state index >= 15 is 0 Å². The van der Waals surface area contributed by atoms with Gasteiger partial charge in [0.05, 0.1) is 36.3 Å². The minimum Gasteiger partial charge on any atom is -0.489 e. The van der Waals surface area contributed by atoms with Crippen molar-refractivity contribution in [1.82, 2.24) is 19.7 Å². The Bertz CT molecular complexity index is 1270. The SMILES string of the molecule is CC#C[C@@H](CC(=O)O)c1ccc(OCc2ccc3cnn(Cc4ccncn4)c3c2)cc1. The second-order valence-corrected chi connectivity index (χ2v) is 7.30. The van der Waals surface area contributed by atoms with Crippen molar-refractivity contribution in [3.05, 3.63) is 84.1 Å². The van der Waals surface area contributed by atoms with Crippen molar-refractivity contribution in [2.45, 2.75) is 32.4 Å². The molecule has 0 radical (unpaired) electrons. The number of fused-ring (bicyclic) bond motifs is 1. The average Bonchev–Trinajstić information content (AvgIpc) is 3.20. The Morgan fingerprint density at radius 1 is 1.19 bits per heavy atom. The number of rotatable bonds is 8. The van der Waals surface area contributed by atoms with E-state index in [1.807, 2.05) is 53.3 Å². The van der Waals surface area contributed by atoms with Crippen molar-refractivity contribution < 1.29 is 14.6 Å². The Morgan fingerprint density at radius 3 is 2.75 bits per heavy atom. The number of benzene rings is 2. The molecular formula is C25H22N4O3. The number of aromatic nitrogens is 4. The number of ether oxygens (including phenoxy) is 1. The van der Waals surface area contributed by atoms with Gasteiger partial charge in [-0.2, -0.15) is 5.10 Å². The van der Waals surface area contributed by atoms with Gasteiger partial charge in [0.25, 0.3) is 0 Å². The Hall–Kier alpha value is -4.18. The van der Waals surface area contributed by atoms with Crippen LogP contribution in [-0.4, -0.2) is 30.8 Å². The third kappa shape index (κ3) is 5.10. The number of hydrogen-bond acceptors (Lipinski definition) is 5. The fourth-order valence-electron chi connectivity index (χ4n) is 3.46. The smallest absolute Gasteiger partial charge is 0.304 e. The highest BCUT2D eigenvalue weighted by molar-refractivity contribution is 5.79. The minimum absolute atomic E-state index is 0.0241. The lowest BCUT2D eigenvalue weighted by molar-refractivity contribution is -0.137. The predicted octanol–water partition coefficient (Wildman–Crippen LogP) is 4.04. The summed E-state index contributed by atoms with van der Waals surface area (Å²) in [7, 11) is 0. The molecule has 1 atom stereocenters. The molecule has 1 N–H and O–H groups in total. The van der Waals surface area contributed by atoms with E-state index in [0.717, 1.165) is 27.7 Å². The summed E-state index contributed by atoms with van der Waals surface area (Å²) in [6.45, 7) is 2.68. The van der Waals surface area contributed by atoms with Gasteiger partial charge in [0.15, 0.2) is 0 Å². The summed E-state index contributed by atoms with van der Waals surface area (Å²) < 4.78 is 7.86. The Morgan fingerprint density at radius 2 is 2.03 bits per heavy atom. The highest BCUT2D eigenvalue weighted by Crippen LogP contribution is 2.23. The maximum Gasteiger partial charge on any atom is 0.304 e. The zero-order valence-electron chi connectivity index (χ0n) is 17.6. The van der Waals surface area contributed by atoms with E-state index in [-0.39, 0.29) is 12.3 Å². The van der Waals surface area contributed by atoms with Crippen molar-refractivity contribution in [1.29, 1.82) is 0 Å². The van der Waals surface area contributed by atoms with Gasteiger partial charge in [0.1, 0.15) is 18.7 Å². The lowest BCUT2D eigenvalue weighted by Crippen LogP contribution is -2.05. The van der Waals surface area contributed by atoms with Crippen LogP contribution in [0.3, 0.4) is 0 Å². The average molecular weight is 426 g/mol. The summed E-state index contributed by atoms with van der Waals surface area (Å²) in [5, 5.41) is 14.6. The number of carboxylic acids is 1. The standard InChI is InChI=1S/C25H22N4O3/c1-2-3-20(13-25(30)31)19-6-8-23(9-7-19)32-16-18-4-5-21-14-28-29(24(21)12-18)15-22-10-11-26-17-27-22/h4-12,14,17,20H,13,15-16H2,1H3,(H,30,31)/t20-/m0/s1. The highest BCUT2D eigenvalue weighted by Gasteiger charge is 2.13. The van der Waals surface area contributed by atoms with Gasteiger partial charge in [-0.25, -0.2) is 9.97 Å². The molecule has 0 aliphatic heterocycles. The summed E-state index contributed by atoms with van der Waals surface area (Å²) >= 11 is 0. The number of aliphatic carboxylic acids is 1. The lowest BCUT2D eigenvalue weighted by atomic mass is 9.96. The maximum atomic E-state index is 11.1. The molecule has 0 aliphatic rings. The molecule has 0 aliphatic carbocycles. The Kier molecular flexibility index (Phi) is 6.42. The quantitative estimate of drug-likeness (QED) is 0.428. The van der Waals surface area contributed by atoms with Crippen LogP contribution in [0.15, 0.2) is 67.3 Å². The van der Waals surface area contributed by atoms with Gasteiger partial charge in [-0.3, -0.25) is 9.48 Å². The van der Waals surface area contributed by atoms with Gasteiger partial charge < -0.3 is 9.84 Å². The van der Waals surface area contributed by atoms with Crippen LogP contribution in [0.25, 0.3) is 10.9 Å². The first kappa shape index (κ1) is 21.1. The molecule has 0 saturated heterocycles. The molecule has 0 saturated carbocycles. The molecule has 4 aromatic rings. The van der Waals surface area contributed by atoms with Crippen molar-refractivity contribution in [3.8, 4) is 17.6 Å². The molecule has 0 spiro atoms. The summed E-state index contributed by atoms with van der Waals surface area (Å²) in [6, 6.07) is 15.4. The monoisotopic (exact) mass is 426 g/mol. The van der Waals surface area contributed by atoms with Gasteiger partial charge >= 0.3 is 5.97 Å². The van der Waals surface area contributed by atoms with Gasteiger partial charge in [-0.05, 0) is 42.3 Å². The van der Waals surface area contributed by atoms with Crippen LogP contribution in [-0.2, 0) is 17.9 Å². The van der Waals surface area contributed by atoms with E-state index in [2.05, 4.69) is 33.0 Å². The number of carboxylic acid groups (broad SMARTS) is 1. The summed E-state index contributed by atoms with van der Waals surface area (Å²) in [5.74, 6) is 5.28. The summed E-state index contributed by atoms with van der Waals surface area (Å²) in [5.41, 5.74) is 3.78. The first-order valence-electron chi connectivity index (χ1n) is 10.2. The molecular weight excluding hydrogens is 404 g/mol. The van der Waals surface area contributed by atoms with Crippen LogP contribution in [0.2, 0.25) is 0 Å². The zero-order valence-corrected chi connectivity index (χ0v) is 17.6. The third-order valence-corrected chi connectivity index (χ3v) is 5.05. The van der Waals surface area contributed by atoms with E-state index < -0.39 is 5.97 Å². The second kappa shape index (κ2) is 9.75. The molecule has 2 aromatic carbocycles. The molecule has 160 valence electrons. The molecule has 0 unspecified atom stereocenters. The van der Waals surface area contributed by atoms with Crippen LogP contribution in [0.5, 0.6) is 5.75 Å². The van der Waals surface area contributed by atoms with E-state index in [0.29, 0.717) is 18.9 Å². The second-order valence-electron chi connectivity index (χ2n) is 7.30. The van der Waals surface area contributed by atoms with Gasteiger partial charge in [-0.15, -0.1) is 5.92 Å². The molecule has 7 heteroatoms. The third-order valence-electron chi connectivity index (χ3n) is 5.05. The van der Waals surface area contributed by atoms with Crippen molar-refractivity contribution in [3.63, 3.8) is 0 Å². The largest absolute Gasteiger partial charge is 0.489 e. The molecule has 2 heterocycles. The van der Waals surface area contributed by atoms with Crippen LogP contribution in [0.4, 0.5) is 0 Å². The number of carbonyl (C=O) groups is 1. The van der Waals surface area contributed by atoms with E-state index in [1.165, 1.54) is 6.33 Å². The van der Waals surface area contributed by atoms with Gasteiger partial charge in [0.2, 0.25) is 0 Å². The molecule has 0 bridgehead atoms. The van der Waals surface area contributed by atoms with E-state index in [9.17, 15) is 4.79 Å².